The van der Waals surface area contributed by atoms with Crippen LogP contribution < -0.4 is 10.3 Å². The Hall–Kier alpha value is -4.14. The van der Waals surface area contributed by atoms with Crippen molar-refractivity contribution >= 4 is 11.6 Å². The number of benzene rings is 1. The third-order valence-electron chi connectivity index (χ3n) is 5.13. The van der Waals surface area contributed by atoms with Gasteiger partial charge in [0.2, 0.25) is 5.88 Å². The quantitative estimate of drug-likeness (QED) is 0.424. The summed E-state index contributed by atoms with van der Waals surface area (Å²) in [5.74, 6) is -1.02. The zero-order chi connectivity index (χ0) is 22.5. The first-order valence-electron chi connectivity index (χ1n) is 10.0. The van der Waals surface area contributed by atoms with Gasteiger partial charge < -0.3 is 14.6 Å². The van der Waals surface area contributed by atoms with E-state index in [1.807, 2.05) is 12.3 Å². The maximum Gasteiger partial charge on any atom is 0.306 e. The summed E-state index contributed by atoms with van der Waals surface area (Å²) in [4.78, 5) is 29.4. The van der Waals surface area contributed by atoms with Gasteiger partial charge in [-0.05, 0) is 35.9 Å². The van der Waals surface area contributed by atoms with E-state index < -0.39 is 23.3 Å². The van der Waals surface area contributed by atoms with Crippen LogP contribution in [0.1, 0.15) is 23.5 Å². The summed E-state index contributed by atoms with van der Waals surface area (Å²) in [5, 5.41) is 14.7. The fourth-order valence-electron chi connectivity index (χ4n) is 3.52. The van der Waals surface area contributed by atoms with Gasteiger partial charge in [-0.1, -0.05) is 18.2 Å². The van der Waals surface area contributed by atoms with Crippen molar-refractivity contribution in [3.63, 3.8) is 0 Å². The van der Waals surface area contributed by atoms with Gasteiger partial charge in [-0.25, -0.2) is 0 Å². The number of ether oxygens (including phenoxy) is 2. The van der Waals surface area contributed by atoms with Gasteiger partial charge in [0, 0.05) is 24.5 Å². The average molecular weight is 434 g/mol. The summed E-state index contributed by atoms with van der Waals surface area (Å²) >= 11 is 0. The Morgan fingerprint density at radius 1 is 1.12 bits per heavy atom. The Kier molecular flexibility index (Phi) is 6.16. The van der Waals surface area contributed by atoms with Crippen molar-refractivity contribution in [2.45, 2.75) is 18.9 Å². The minimum atomic E-state index is -0.738. The molecule has 0 aliphatic rings. The molecule has 4 aromatic rings. The molecular formula is C23H22N4O5. The van der Waals surface area contributed by atoms with E-state index in [0.717, 1.165) is 0 Å². The molecule has 0 saturated heterocycles. The van der Waals surface area contributed by atoms with Crippen LogP contribution in [0.5, 0.6) is 11.6 Å². The molecule has 0 radical (unpaired) electrons. The number of methoxy groups -OCH3 is 1. The molecule has 164 valence electrons. The molecule has 4 rings (SSSR count). The molecule has 0 aliphatic heterocycles. The second-order valence-corrected chi connectivity index (χ2v) is 7.10. The van der Waals surface area contributed by atoms with Crippen molar-refractivity contribution in [1.82, 2.24) is 19.2 Å². The first-order chi connectivity index (χ1) is 15.6. The summed E-state index contributed by atoms with van der Waals surface area (Å²) in [7, 11) is 1.28. The zero-order valence-electron chi connectivity index (χ0n) is 17.4. The molecule has 32 heavy (non-hydrogen) atoms. The number of rotatable bonds is 8. The highest BCUT2D eigenvalue weighted by Gasteiger charge is 2.27. The van der Waals surface area contributed by atoms with E-state index in [0.29, 0.717) is 30.1 Å². The number of esters is 1. The maximum atomic E-state index is 13.1. The summed E-state index contributed by atoms with van der Waals surface area (Å²) in [5.41, 5.74) is 0.560. The van der Waals surface area contributed by atoms with E-state index in [9.17, 15) is 14.7 Å². The molecule has 0 fully saturated rings. The summed E-state index contributed by atoms with van der Waals surface area (Å²) in [6.45, 7) is 1.04. The van der Waals surface area contributed by atoms with Crippen LogP contribution in [0.15, 0.2) is 71.9 Å². The predicted molar refractivity (Wildman–Crippen MR) is 116 cm³/mol. The van der Waals surface area contributed by atoms with E-state index in [1.165, 1.54) is 11.5 Å². The zero-order valence-corrected chi connectivity index (χ0v) is 17.4. The summed E-state index contributed by atoms with van der Waals surface area (Å²) in [6.07, 6.45) is 5.00. The Morgan fingerprint density at radius 3 is 2.66 bits per heavy atom. The van der Waals surface area contributed by atoms with Crippen molar-refractivity contribution in [3.8, 4) is 11.6 Å². The van der Waals surface area contributed by atoms with E-state index in [2.05, 4.69) is 10.1 Å². The van der Waals surface area contributed by atoms with Crippen molar-refractivity contribution in [2.75, 3.05) is 13.7 Å². The van der Waals surface area contributed by atoms with Gasteiger partial charge >= 0.3 is 5.97 Å². The van der Waals surface area contributed by atoms with E-state index in [-0.39, 0.29) is 12.0 Å². The minimum Gasteiger partial charge on any atom is -0.493 e. The number of carbonyl (C=O) groups excluding carboxylic acids is 1. The normalized spacial score (nSPS) is 11.9. The lowest BCUT2D eigenvalue weighted by Crippen LogP contribution is -2.24. The topological polar surface area (TPSA) is 108 Å². The summed E-state index contributed by atoms with van der Waals surface area (Å²) in [6, 6.07) is 13.9. The minimum absolute atomic E-state index is 0.0338. The lowest BCUT2D eigenvalue weighted by Gasteiger charge is -2.18. The fraction of sp³-hybridized carbons (Fsp3) is 0.217. The third-order valence-corrected chi connectivity index (χ3v) is 5.13. The van der Waals surface area contributed by atoms with Gasteiger partial charge in [0.1, 0.15) is 18.0 Å². The van der Waals surface area contributed by atoms with Crippen molar-refractivity contribution in [3.05, 3.63) is 88.6 Å². The predicted octanol–water partition coefficient (Wildman–Crippen LogP) is 2.37. The molecular weight excluding hydrogens is 412 g/mol. The molecule has 0 aliphatic carbocycles. The Morgan fingerprint density at radius 2 is 1.94 bits per heavy atom. The number of aromatic hydroxyl groups is 1. The molecule has 3 heterocycles. The van der Waals surface area contributed by atoms with Gasteiger partial charge in [-0.2, -0.15) is 10.1 Å². The number of pyridine rings is 1. The molecule has 0 saturated carbocycles. The highest BCUT2D eigenvalue weighted by Crippen LogP contribution is 2.32. The SMILES string of the molecule is COC(=O)C[C@H](c1ccc(OCCn2cccn2)cc1)c1c(O)nc2ccccn2c1=O. The smallest absolute Gasteiger partial charge is 0.306 e. The molecule has 0 amide bonds. The molecule has 9 nitrogen and oxygen atoms in total. The fourth-order valence-corrected chi connectivity index (χ4v) is 3.52. The number of nitrogens with zero attached hydrogens (tertiary/aromatic N) is 4. The van der Waals surface area contributed by atoms with Crippen LogP contribution in [-0.4, -0.2) is 44.0 Å². The van der Waals surface area contributed by atoms with E-state index in [4.69, 9.17) is 9.47 Å². The number of fused-ring (bicyclic) bond motifs is 1. The number of hydrogen-bond donors (Lipinski definition) is 1. The van der Waals surface area contributed by atoms with Gasteiger partial charge in [-0.3, -0.25) is 18.7 Å². The Labute approximate surface area is 183 Å². The Balaban J connectivity index is 1.63. The lowest BCUT2D eigenvalue weighted by atomic mass is 9.89. The van der Waals surface area contributed by atoms with Crippen LogP contribution in [0.3, 0.4) is 0 Å². The van der Waals surface area contributed by atoms with Crippen LogP contribution in [0.25, 0.3) is 5.65 Å². The average Bonchev–Trinajstić information content (AvgIpc) is 3.32. The van der Waals surface area contributed by atoms with Gasteiger partial charge in [0.25, 0.3) is 5.56 Å². The molecule has 1 atom stereocenters. The number of carbonyl (C=O) groups is 1. The molecule has 0 spiro atoms. The van der Waals surface area contributed by atoms with Gasteiger partial charge in [0.05, 0.1) is 25.6 Å². The van der Waals surface area contributed by atoms with Gasteiger partial charge in [0.15, 0.2) is 0 Å². The van der Waals surface area contributed by atoms with Crippen LogP contribution >= 0.6 is 0 Å². The Bertz CT molecular complexity index is 1270. The molecule has 9 heteroatoms. The second-order valence-electron chi connectivity index (χ2n) is 7.10. The molecule has 1 N–H and O–H groups in total. The molecule has 1 aromatic carbocycles. The van der Waals surface area contributed by atoms with Crippen LogP contribution in [0.4, 0.5) is 0 Å². The maximum absolute atomic E-state index is 13.1. The number of aromatic nitrogens is 4. The van der Waals surface area contributed by atoms with Crippen LogP contribution in [0, 0.1) is 0 Å². The van der Waals surface area contributed by atoms with Crippen molar-refractivity contribution < 1.29 is 19.4 Å². The standard InChI is InChI=1S/C23H22N4O5/c1-31-20(28)15-18(21-22(29)25-19-5-2-3-12-27(19)23(21)30)16-6-8-17(9-7-16)32-14-13-26-11-4-10-24-26/h2-12,18,29H,13-15H2,1H3/t18-/m1/s1. The van der Waals surface area contributed by atoms with E-state index in [1.54, 1.807) is 59.5 Å². The highest BCUT2D eigenvalue weighted by molar-refractivity contribution is 5.71. The van der Waals surface area contributed by atoms with E-state index >= 15 is 0 Å². The summed E-state index contributed by atoms with van der Waals surface area (Å²) < 4.78 is 13.7. The first-order valence-corrected chi connectivity index (χ1v) is 10.0. The molecule has 3 aromatic heterocycles. The highest BCUT2D eigenvalue weighted by atomic mass is 16.5. The van der Waals surface area contributed by atoms with Crippen LogP contribution in [-0.2, 0) is 16.1 Å². The monoisotopic (exact) mass is 434 g/mol. The number of hydrogen-bond acceptors (Lipinski definition) is 7. The lowest BCUT2D eigenvalue weighted by molar-refractivity contribution is -0.140. The van der Waals surface area contributed by atoms with Crippen LogP contribution in [0.2, 0.25) is 0 Å². The first kappa shape index (κ1) is 21.1. The second kappa shape index (κ2) is 9.34. The van der Waals surface area contributed by atoms with Crippen molar-refractivity contribution in [1.29, 1.82) is 0 Å². The third kappa shape index (κ3) is 4.46. The molecule has 0 bridgehead atoms. The largest absolute Gasteiger partial charge is 0.493 e. The molecule has 0 unspecified atom stereocenters. The van der Waals surface area contributed by atoms with Gasteiger partial charge in [-0.15, -0.1) is 0 Å². The van der Waals surface area contributed by atoms with Crippen molar-refractivity contribution in [2.24, 2.45) is 0 Å².